The summed E-state index contributed by atoms with van der Waals surface area (Å²) in [4.78, 5) is 20.5. The summed E-state index contributed by atoms with van der Waals surface area (Å²) >= 11 is 0. The predicted octanol–water partition coefficient (Wildman–Crippen LogP) is 0.928. The molecule has 2 heterocycles. The fourth-order valence-electron chi connectivity index (χ4n) is 2.21. The highest BCUT2D eigenvalue weighted by molar-refractivity contribution is 5.85. The van der Waals surface area contributed by atoms with Crippen LogP contribution in [0.25, 0.3) is 0 Å². The number of nitrogens with one attached hydrogen (secondary N) is 1. The molecule has 1 atom stereocenters. The van der Waals surface area contributed by atoms with Gasteiger partial charge >= 0.3 is 0 Å². The van der Waals surface area contributed by atoms with E-state index in [4.69, 9.17) is 0 Å². The number of rotatable bonds is 4. The Hall–Kier alpha value is -1.17. The third kappa shape index (κ3) is 4.44. The average Bonchev–Trinajstić information content (AvgIpc) is 2.48. The molecule has 1 amide bonds. The van der Waals surface area contributed by atoms with Gasteiger partial charge in [0.05, 0.1) is 12.2 Å². The van der Waals surface area contributed by atoms with E-state index in [0.29, 0.717) is 6.54 Å². The molecule has 2 rings (SSSR count). The lowest BCUT2D eigenvalue weighted by molar-refractivity contribution is -0.133. The molecular weight excluding hydrogens is 276 g/mol. The molecule has 1 saturated heterocycles. The zero-order valence-electron chi connectivity index (χ0n) is 12.1. The number of nitrogens with zero attached hydrogens (tertiary/aromatic N) is 3. The lowest BCUT2D eigenvalue weighted by Gasteiger charge is -2.31. The number of carbonyl (C=O) groups is 1. The zero-order valence-corrected chi connectivity index (χ0v) is 12.9. The van der Waals surface area contributed by atoms with Crippen LogP contribution in [0.15, 0.2) is 24.4 Å². The summed E-state index contributed by atoms with van der Waals surface area (Å²) in [6.45, 7) is 5.93. The Morgan fingerprint density at radius 2 is 2.15 bits per heavy atom. The Balaban J connectivity index is 0.00000200. The maximum atomic E-state index is 12.2. The van der Waals surface area contributed by atoms with Crippen LogP contribution in [-0.2, 0) is 4.79 Å². The van der Waals surface area contributed by atoms with E-state index in [1.807, 2.05) is 35.0 Å². The molecule has 1 aliphatic rings. The molecule has 0 aliphatic carbocycles. The fraction of sp³-hybridized carbons (Fsp3) is 0.571. The Kier molecular flexibility index (Phi) is 6.91. The van der Waals surface area contributed by atoms with Gasteiger partial charge in [0.15, 0.2) is 0 Å². The van der Waals surface area contributed by atoms with Crippen LogP contribution in [-0.4, -0.2) is 60.5 Å². The summed E-state index contributed by atoms with van der Waals surface area (Å²) in [5.41, 5.74) is 0.998. The highest BCUT2D eigenvalue weighted by Crippen LogP contribution is 2.15. The van der Waals surface area contributed by atoms with E-state index in [2.05, 4.69) is 17.2 Å². The van der Waals surface area contributed by atoms with Crippen molar-refractivity contribution in [3.8, 4) is 0 Å². The van der Waals surface area contributed by atoms with Crippen LogP contribution in [0.3, 0.4) is 0 Å². The Morgan fingerprint density at radius 3 is 2.75 bits per heavy atom. The van der Waals surface area contributed by atoms with Gasteiger partial charge in [0.25, 0.3) is 0 Å². The molecule has 0 radical (unpaired) electrons. The molecule has 1 aromatic heterocycles. The van der Waals surface area contributed by atoms with E-state index in [-0.39, 0.29) is 24.4 Å². The number of pyridine rings is 1. The van der Waals surface area contributed by atoms with E-state index in [0.717, 1.165) is 31.9 Å². The van der Waals surface area contributed by atoms with E-state index < -0.39 is 0 Å². The molecule has 1 aliphatic heterocycles. The van der Waals surface area contributed by atoms with Crippen molar-refractivity contribution >= 4 is 18.3 Å². The second-order valence-electron chi connectivity index (χ2n) is 4.98. The Morgan fingerprint density at radius 1 is 1.45 bits per heavy atom. The number of carbonyl (C=O) groups excluding carboxylic acids is 1. The number of piperazine rings is 1. The molecule has 6 heteroatoms. The quantitative estimate of drug-likeness (QED) is 0.898. The first kappa shape index (κ1) is 16.9. The molecule has 1 fully saturated rings. The smallest absolute Gasteiger partial charge is 0.236 e. The van der Waals surface area contributed by atoms with E-state index in [1.165, 1.54) is 0 Å². The normalized spacial score (nSPS) is 16.6. The van der Waals surface area contributed by atoms with Gasteiger partial charge in [-0.3, -0.25) is 14.7 Å². The second-order valence-corrected chi connectivity index (χ2v) is 4.98. The number of hydrogen-bond acceptors (Lipinski definition) is 4. The summed E-state index contributed by atoms with van der Waals surface area (Å²) in [6.07, 6.45) is 1.79. The Labute approximate surface area is 126 Å². The standard InChI is InChI=1S/C14H22N4O.ClH/c1-12(13-5-3-4-6-16-13)17(2)11-14(19)18-9-7-15-8-10-18;/h3-6,12,15H,7-11H2,1-2H3;1H. The van der Waals surface area contributed by atoms with Crippen LogP contribution in [0.4, 0.5) is 0 Å². The first-order valence-electron chi connectivity index (χ1n) is 6.78. The van der Waals surface area contributed by atoms with Gasteiger partial charge in [-0.05, 0) is 26.1 Å². The minimum atomic E-state index is 0. The van der Waals surface area contributed by atoms with E-state index in [1.54, 1.807) is 6.20 Å². The largest absolute Gasteiger partial charge is 0.339 e. The van der Waals surface area contributed by atoms with Crippen molar-refractivity contribution in [3.63, 3.8) is 0 Å². The van der Waals surface area contributed by atoms with Gasteiger partial charge in [0, 0.05) is 38.4 Å². The summed E-state index contributed by atoms with van der Waals surface area (Å²) < 4.78 is 0. The second kappa shape index (κ2) is 8.19. The molecule has 112 valence electrons. The van der Waals surface area contributed by atoms with Crippen molar-refractivity contribution < 1.29 is 4.79 Å². The first-order chi connectivity index (χ1) is 9.18. The van der Waals surface area contributed by atoms with E-state index in [9.17, 15) is 4.79 Å². The van der Waals surface area contributed by atoms with Crippen LogP contribution < -0.4 is 5.32 Å². The van der Waals surface area contributed by atoms with Crippen molar-refractivity contribution in [1.82, 2.24) is 20.1 Å². The first-order valence-corrected chi connectivity index (χ1v) is 6.78. The van der Waals surface area contributed by atoms with Crippen LogP contribution >= 0.6 is 12.4 Å². The van der Waals surface area contributed by atoms with Gasteiger partial charge in [-0.1, -0.05) is 6.07 Å². The third-order valence-electron chi connectivity index (χ3n) is 3.63. The number of amides is 1. The van der Waals surface area contributed by atoms with Crippen molar-refractivity contribution in [2.45, 2.75) is 13.0 Å². The lowest BCUT2D eigenvalue weighted by atomic mass is 10.2. The highest BCUT2D eigenvalue weighted by Gasteiger charge is 2.20. The van der Waals surface area contributed by atoms with Crippen molar-refractivity contribution in [3.05, 3.63) is 30.1 Å². The van der Waals surface area contributed by atoms with Crippen LogP contribution in [0.5, 0.6) is 0 Å². The molecular formula is C14H23ClN4O. The van der Waals surface area contributed by atoms with Crippen molar-refractivity contribution in [2.75, 3.05) is 39.8 Å². The monoisotopic (exact) mass is 298 g/mol. The molecule has 0 saturated carbocycles. The van der Waals surface area contributed by atoms with Crippen LogP contribution in [0, 0.1) is 0 Å². The molecule has 20 heavy (non-hydrogen) atoms. The predicted molar refractivity (Wildman–Crippen MR) is 82.0 cm³/mol. The highest BCUT2D eigenvalue weighted by atomic mass is 35.5. The average molecular weight is 299 g/mol. The van der Waals surface area contributed by atoms with Gasteiger partial charge in [-0.25, -0.2) is 0 Å². The lowest BCUT2D eigenvalue weighted by Crippen LogP contribution is -2.49. The molecule has 5 nitrogen and oxygen atoms in total. The number of likely N-dealkylation sites (N-methyl/N-ethyl adjacent to an activating group) is 1. The summed E-state index contributed by atoms with van der Waals surface area (Å²) in [7, 11) is 1.97. The van der Waals surface area contributed by atoms with Crippen molar-refractivity contribution in [1.29, 1.82) is 0 Å². The van der Waals surface area contributed by atoms with Gasteiger partial charge in [0.2, 0.25) is 5.91 Å². The SMILES string of the molecule is CC(c1ccccn1)N(C)CC(=O)N1CCNCC1.Cl. The molecule has 0 aromatic carbocycles. The summed E-state index contributed by atoms with van der Waals surface area (Å²) in [6, 6.07) is 6.02. The maximum absolute atomic E-state index is 12.2. The van der Waals surface area contributed by atoms with Gasteiger partial charge in [0.1, 0.15) is 0 Å². The summed E-state index contributed by atoms with van der Waals surface area (Å²) in [5.74, 6) is 0.201. The fourth-order valence-corrected chi connectivity index (χ4v) is 2.21. The molecule has 0 spiro atoms. The molecule has 1 aromatic rings. The minimum Gasteiger partial charge on any atom is -0.339 e. The molecule has 1 N–H and O–H groups in total. The molecule has 1 unspecified atom stereocenters. The zero-order chi connectivity index (χ0) is 13.7. The van der Waals surface area contributed by atoms with Crippen LogP contribution in [0.2, 0.25) is 0 Å². The third-order valence-corrected chi connectivity index (χ3v) is 3.63. The number of aromatic nitrogens is 1. The molecule has 0 bridgehead atoms. The number of halogens is 1. The maximum Gasteiger partial charge on any atom is 0.236 e. The topological polar surface area (TPSA) is 48.5 Å². The van der Waals surface area contributed by atoms with Gasteiger partial charge in [-0.15, -0.1) is 12.4 Å². The van der Waals surface area contributed by atoms with Gasteiger partial charge < -0.3 is 10.2 Å². The summed E-state index contributed by atoms with van der Waals surface area (Å²) in [5, 5.41) is 3.25. The minimum absolute atomic E-state index is 0. The van der Waals surface area contributed by atoms with Gasteiger partial charge in [-0.2, -0.15) is 0 Å². The Bertz CT molecular complexity index is 409. The van der Waals surface area contributed by atoms with Crippen LogP contribution in [0.1, 0.15) is 18.7 Å². The number of hydrogen-bond donors (Lipinski definition) is 1. The van der Waals surface area contributed by atoms with Crippen molar-refractivity contribution in [2.24, 2.45) is 0 Å². The van der Waals surface area contributed by atoms with E-state index >= 15 is 0 Å².